The average molecular weight is 253 g/mol. The molecule has 0 saturated carbocycles. The van der Waals surface area contributed by atoms with E-state index >= 15 is 0 Å². The van der Waals surface area contributed by atoms with Crippen LogP contribution in [0.4, 0.5) is 0 Å². The second-order valence-electron chi connectivity index (χ2n) is 3.17. The van der Waals surface area contributed by atoms with E-state index in [1.54, 1.807) is 17.6 Å². The Labute approximate surface area is 102 Å². The highest BCUT2D eigenvalue weighted by atomic mass is 32.2. The van der Waals surface area contributed by atoms with Gasteiger partial charge in [0.15, 0.2) is 5.17 Å². The van der Waals surface area contributed by atoms with E-state index in [9.17, 15) is 4.79 Å². The summed E-state index contributed by atoms with van der Waals surface area (Å²) in [5.41, 5.74) is 0. The molecule has 2 heterocycles. The number of amidine groups is 1. The number of rotatable bonds is 3. The first-order valence-electron chi connectivity index (χ1n) is 4.91. The zero-order valence-corrected chi connectivity index (χ0v) is 10.3. The molecule has 1 aromatic heterocycles. The van der Waals surface area contributed by atoms with Crippen LogP contribution < -0.4 is 5.32 Å². The molecule has 1 amide bonds. The smallest absolute Gasteiger partial charge is 0.239 e. The monoisotopic (exact) mass is 253 g/mol. The van der Waals surface area contributed by atoms with E-state index in [-0.39, 0.29) is 11.2 Å². The van der Waals surface area contributed by atoms with Crippen molar-refractivity contribution in [2.75, 3.05) is 0 Å². The van der Waals surface area contributed by atoms with Crippen LogP contribution in [0.5, 0.6) is 0 Å². The molecule has 2 rings (SSSR count). The zero-order valence-electron chi connectivity index (χ0n) is 8.71. The molecule has 4 nitrogen and oxygen atoms in total. The van der Waals surface area contributed by atoms with Crippen molar-refractivity contribution in [3.63, 3.8) is 0 Å². The molecule has 1 aliphatic rings. The van der Waals surface area contributed by atoms with Gasteiger partial charge in [0, 0.05) is 4.88 Å². The molecule has 84 valence electrons. The summed E-state index contributed by atoms with van der Waals surface area (Å²) in [5.74, 6) is 0.0255. The number of amides is 1. The van der Waals surface area contributed by atoms with E-state index < -0.39 is 0 Å². The summed E-state index contributed by atoms with van der Waals surface area (Å²) >= 11 is 3.03. The van der Waals surface area contributed by atoms with E-state index in [0.717, 1.165) is 11.3 Å². The number of hydrogen-bond acceptors (Lipinski definition) is 5. The van der Waals surface area contributed by atoms with Crippen molar-refractivity contribution in [3.05, 3.63) is 22.4 Å². The molecule has 0 aromatic carbocycles. The summed E-state index contributed by atoms with van der Waals surface area (Å²) < 4.78 is 0. The van der Waals surface area contributed by atoms with Gasteiger partial charge in [-0.25, -0.2) is 0 Å². The van der Waals surface area contributed by atoms with Gasteiger partial charge in [0.25, 0.3) is 0 Å². The van der Waals surface area contributed by atoms with Crippen LogP contribution >= 0.6 is 23.1 Å². The number of carbonyl (C=O) groups excluding carboxylic acids is 1. The molecule has 1 aromatic rings. The van der Waals surface area contributed by atoms with Gasteiger partial charge >= 0.3 is 0 Å². The van der Waals surface area contributed by atoms with Crippen molar-refractivity contribution in [2.45, 2.75) is 18.6 Å². The minimum Gasteiger partial charge on any atom is -0.303 e. The van der Waals surface area contributed by atoms with E-state index in [4.69, 9.17) is 0 Å². The SMILES string of the molecule is CC[C@H]1S/C(=N\N=C/c2cccs2)NC1=O. The lowest BCUT2D eigenvalue weighted by Crippen LogP contribution is -2.24. The van der Waals surface area contributed by atoms with Gasteiger partial charge in [-0.05, 0) is 17.9 Å². The van der Waals surface area contributed by atoms with Gasteiger partial charge in [-0.15, -0.1) is 16.4 Å². The predicted octanol–water partition coefficient (Wildman–Crippen LogP) is 2.08. The predicted molar refractivity (Wildman–Crippen MR) is 69.2 cm³/mol. The molecular formula is C10H11N3OS2. The van der Waals surface area contributed by atoms with Gasteiger partial charge in [-0.1, -0.05) is 24.8 Å². The van der Waals surface area contributed by atoms with Gasteiger partial charge in [-0.3, -0.25) is 4.79 Å². The molecule has 0 unspecified atom stereocenters. The molecule has 1 saturated heterocycles. The maximum atomic E-state index is 11.3. The number of hydrogen-bond donors (Lipinski definition) is 1. The lowest BCUT2D eigenvalue weighted by molar-refractivity contribution is -0.118. The highest BCUT2D eigenvalue weighted by Gasteiger charge is 2.28. The molecule has 1 fully saturated rings. The molecule has 0 spiro atoms. The average Bonchev–Trinajstić information content (AvgIpc) is 2.88. The quantitative estimate of drug-likeness (QED) is 0.662. The molecular weight excluding hydrogens is 242 g/mol. The Morgan fingerprint density at radius 2 is 2.50 bits per heavy atom. The molecule has 1 atom stereocenters. The minimum absolute atomic E-state index is 0.0179. The van der Waals surface area contributed by atoms with Crippen LogP contribution in [0.1, 0.15) is 18.2 Å². The third kappa shape index (κ3) is 2.70. The molecule has 1 N–H and O–H groups in total. The van der Waals surface area contributed by atoms with Crippen LogP contribution in [-0.2, 0) is 4.79 Å². The van der Waals surface area contributed by atoms with Gasteiger partial charge in [-0.2, -0.15) is 5.10 Å². The van der Waals surface area contributed by atoms with Crippen LogP contribution in [0.2, 0.25) is 0 Å². The van der Waals surface area contributed by atoms with E-state index in [2.05, 4.69) is 15.5 Å². The number of thioether (sulfide) groups is 1. The Balaban J connectivity index is 1.97. The van der Waals surface area contributed by atoms with E-state index in [1.807, 2.05) is 24.4 Å². The lowest BCUT2D eigenvalue weighted by Gasteiger charge is -1.95. The largest absolute Gasteiger partial charge is 0.303 e. The molecule has 6 heteroatoms. The van der Waals surface area contributed by atoms with Crippen molar-refractivity contribution in [1.82, 2.24) is 5.32 Å². The molecule has 16 heavy (non-hydrogen) atoms. The fourth-order valence-electron chi connectivity index (χ4n) is 1.22. The van der Waals surface area contributed by atoms with Gasteiger partial charge in [0.05, 0.1) is 11.5 Å². The van der Waals surface area contributed by atoms with Crippen LogP contribution in [0.25, 0.3) is 0 Å². The maximum absolute atomic E-state index is 11.3. The summed E-state index contributed by atoms with van der Waals surface area (Å²) in [7, 11) is 0. The van der Waals surface area contributed by atoms with Crippen LogP contribution in [0.15, 0.2) is 27.7 Å². The normalized spacial score (nSPS) is 23.2. The van der Waals surface area contributed by atoms with Crippen molar-refractivity contribution in [3.8, 4) is 0 Å². The number of nitrogens with one attached hydrogen (secondary N) is 1. The van der Waals surface area contributed by atoms with Crippen molar-refractivity contribution >= 4 is 40.4 Å². The lowest BCUT2D eigenvalue weighted by atomic mass is 10.3. The molecule has 1 aliphatic heterocycles. The van der Waals surface area contributed by atoms with E-state index in [1.165, 1.54) is 11.8 Å². The number of nitrogens with zero attached hydrogens (tertiary/aromatic N) is 2. The third-order valence-electron chi connectivity index (χ3n) is 2.02. The number of carbonyl (C=O) groups is 1. The van der Waals surface area contributed by atoms with E-state index in [0.29, 0.717) is 5.17 Å². The molecule has 0 radical (unpaired) electrons. The summed E-state index contributed by atoms with van der Waals surface area (Å²) in [6, 6.07) is 3.92. The van der Waals surface area contributed by atoms with Crippen LogP contribution in [0, 0.1) is 0 Å². The zero-order chi connectivity index (χ0) is 11.4. The third-order valence-corrected chi connectivity index (χ3v) is 4.07. The van der Waals surface area contributed by atoms with Gasteiger partial charge in [0.1, 0.15) is 0 Å². The first-order valence-corrected chi connectivity index (χ1v) is 6.67. The van der Waals surface area contributed by atoms with Crippen LogP contribution in [-0.4, -0.2) is 22.5 Å². The summed E-state index contributed by atoms with van der Waals surface area (Å²) in [6.45, 7) is 1.98. The standard InChI is InChI=1S/C10H11N3OS2/c1-2-8-9(14)12-10(16-8)13-11-6-7-4-3-5-15-7/h3-6,8H,2H2,1H3,(H,12,13,14)/b11-6-/t8-/m1/s1. The maximum Gasteiger partial charge on any atom is 0.239 e. The Bertz CT molecular complexity index is 425. The van der Waals surface area contributed by atoms with Crippen LogP contribution in [0.3, 0.4) is 0 Å². The highest BCUT2D eigenvalue weighted by Crippen LogP contribution is 2.21. The summed E-state index contributed by atoms with van der Waals surface area (Å²) in [6.07, 6.45) is 2.49. The van der Waals surface area contributed by atoms with Gasteiger partial charge < -0.3 is 5.32 Å². The fraction of sp³-hybridized carbons (Fsp3) is 0.300. The first kappa shape index (κ1) is 11.3. The Kier molecular flexibility index (Phi) is 3.74. The molecule has 0 aliphatic carbocycles. The summed E-state index contributed by atoms with van der Waals surface area (Å²) in [4.78, 5) is 12.4. The Hall–Kier alpha value is -1.14. The number of thiophene rings is 1. The highest BCUT2D eigenvalue weighted by molar-refractivity contribution is 8.15. The van der Waals surface area contributed by atoms with Crippen molar-refractivity contribution < 1.29 is 4.79 Å². The van der Waals surface area contributed by atoms with Crippen molar-refractivity contribution in [1.29, 1.82) is 0 Å². The van der Waals surface area contributed by atoms with Crippen molar-refractivity contribution in [2.24, 2.45) is 10.2 Å². The van der Waals surface area contributed by atoms with Gasteiger partial charge in [0.2, 0.25) is 5.91 Å². The molecule has 0 bridgehead atoms. The Morgan fingerprint density at radius 3 is 3.12 bits per heavy atom. The Morgan fingerprint density at radius 1 is 1.62 bits per heavy atom. The summed E-state index contributed by atoms with van der Waals surface area (Å²) in [5, 5.41) is 13.2. The second kappa shape index (κ2) is 5.27. The minimum atomic E-state index is -0.0179. The topological polar surface area (TPSA) is 53.8 Å². The fourth-order valence-corrected chi connectivity index (χ4v) is 2.66. The second-order valence-corrected chi connectivity index (χ2v) is 5.34. The first-order chi connectivity index (χ1) is 7.79.